The summed E-state index contributed by atoms with van der Waals surface area (Å²) in [6.07, 6.45) is 1.71. The van der Waals surface area contributed by atoms with Crippen LogP contribution in [0.3, 0.4) is 0 Å². The van der Waals surface area contributed by atoms with Crippen LogP contribution in [0.1, 0.15) is 5.56 Å². The van der Waals surface area contributed by atoms with Crippen LogP contribution in [0.2, 0.25) is 0 Å². The molecule has 0 radical (unpaired) electrons. The van der Waals surface area contributed by atoms with Gasteiger partial charge >= 0.3 is 0 Å². The number of ether oxygens (including phenoxy) is 2. The molecule has 0 unspecified atom stereocenters. The number of hydrogen-bond acceptors (Lipinski definition) is 5. The Morgan fingerprint density at radius 2 is 2.00 bits per heavy atom. The van der Waals surface area contributed by atoms with Gasteiger partial charge in [0.05, 0.1) is 13.7 Å². The molecule has 0 amide bonds. The fourth-order valence-electron chi connectivity index (χ4n) is 2.00. The van der Waals surface area contributed by atoms with Gasteiger partial charge < -0.3 is 25.4 Å². The Bertz CT molecular complexity index is 686. The van der Waals surface area contributed by atoms with Crippen molar-refractivity contribution in [2.24, 2.45) is 10.7 Å². The SMILES string of the molecule is COc1ccc(NC(N)=NCc2ccnc(OCCN(C)C)c2)cc1. The molecule has 1 aromatic heterocycles. The normalized spacial score (nSPS) is 11.4. The van der Waals surface area contributed by atoms with E-state index in [2.05, 4.69) is 20.2 Å². The van der Waals surface area contributed by atoms with Gasteiger partial charge in [0.15, 0.2) is 5.96 Å². The van der Waals surface area contributed by atoms with E-state index < -0.39 is 0 Å². The van der Waals surface area contributed by atoms with Crippen LogP contribution < -0.4 is 20.5 Å². The second-order valence-corrected chi connectivity index (χ2v) is 5.71. The van der Waals surface area contributed by atoms with E-state index in [0.29, 0.717) is 25.0 Å². The zero-order valence-corrected chi connectivity index (χ0v) is 14.9. The van der Waals surface area contributed by atoms with Gasteiger partial charge in [-0.2, -0.15) is 0 Å². The third-order valence-corrected chi connectivity index (χ3v) is 3.38. The molecule has 134 valence electrons. The summed E-state index contributed by atoms with van der Waals surface area (Å²) in [7, 11) is 5.63. The number of nitrogens with one attached hydrogen (secondary N) is 1. The Morgan fingerprint density at radius 1 is 1.24 bits per heavy atom. The molecule has 7 heteroatoms. The van der Waals surface area contributed by atoms with Crippen molar-refractivity contribution in [3.05, 3.63) is 48.2 Å². The molecule has 1 heterocycles. The van der Waals surface area contributed by atoms with Crippen molar-refractivity contribution in [2.75, 3.05) is 39.7 Å². The van der Waals surface area contributed by atoms with Crippen LogP contribution in [0.4, 0.5) is 5.69 Å². The van der Waals surface area contributed by atoms with Gasteiger partial charge in [-0.15, -0.1) is 0 Å². The highest BCUT2D eigenvalue weighted by Crippen LogP contribution is 2.15. The quantitative estimate of drug-likeness (QED) is 0.563. The summed E-state index contributed by atoms with van der Waals surface area (Å²) in [6, 6.07) is 11.2. The summed E-state index contributed by atoms with van der Waals surface area (Å²) < 4.78 is 10.7. The third kappa shape index (κ3) is 6.68. The fourth-order valence-corrected chi connectivity index (χ4v) is 2.00. The molecule has 0 bridgehead atoms. The topological polar surface area (TPSA) is 85.0 Å². The molecule has 0 aliphatic rings. The Hall–Kier alpha value is -2.80. The van der Waals surface area contributed by atoms with Crippen LogP contribution in [0.5, 0.6) is 11.6 Å². The van der Waals surface area contributed by atoms with E-state index in [0.717, 1.165) is 23.5 Å². The summed E-state index contributed by atoms with van der Waals surface area (Å²) in [5.74, 6) is 1.73. The minimum Gasteiger partial charge on any atom is -0.497 e. The van der Waals surface area contributed by atoms with E-state index >= 15 is 0 Å². The lowest BCUT2D eigenvalue weighted by Gasteiger charge is -2.10. The van der Waals surface area contributed by atoms with E-state index in [-0.39, 0.29) is 0 Å². The van der Waals surface area contributed by atoms with Gasteiger partial charge in [0, 0.05) is 24.5 Å². The van der Waals surface area contributed by atoms with Crippen LogP contribution >= 0.6 is 0 Å². The summed E-state index contributed by atoms with van der Waals surface area (Å²) in [4.78, 5) is 10.6. The lowest BCUT2D eigenvalue weighted by molar-refractivity contribution is 0.253. The number of nitrogens with zero attached hydrogens (tertiary/aromatic N) is 3. The molecule has 0 atom stereocenters. The maximum atomic E-state index is 5.93. The van der Waals surface area contributed by atoms with Crippen molar-refractivity contribution in [1.82, 2.24) is 9.88 Å². The number of benzene rings is 1. The number of pyridine rings is 1. The molecule has 0 fully saturated rings. The smallest absolute Gasteiger partial charge is 0.213 e. The number of aromatic nitrogens is 1. The van der Waals surface area contributed by atoms with Crippen LogP contribution in [-0.4, -0.2) is 50.2 Å². The zero-order valence-electron chi connectivity index (χ0n) is 14.9. The van der Waals surface area contributed by atoms with E-state index in [4.69, 9.17) is 15.2 Å². The van der Waals surface area contributed by atoms with Crippen molar-refractivity contribution < 1.29 is 9.47 Å². The molecule has 2 aromatic rings. The van der Waals surface area contributed by atoms with E-state index in [1.165, 1.54) is 0 Å². The number of methoxy groups -OCH3 is 1. The van der Waals surface area contributed by atoms with Crippen LogP contribution in [0, 0.1) is 0 Å². The first kappa shape index (κ1) is 18.5. The van der Waals surface area contributed by atoms with Gasteiger partial charge in [0.1, 0.15) is 12.4 Å². The molecule has 3 N–H and O–H groups in total. The number of anilines is 1. The van der Waals surface area contributed by atoms with Gasteiger partial charge in [0.25, 0.3) is 0 Å². The van der Waals surface area contributed by atoms with E-state index in [1.807, 2.05) is 50.5 Å². The van der Waals surface area contributed by atoms with Crippen LogP contribution in [-0.2, 0) is 6.54 Å². The first-order chi connectivity index (χ1) is 12.1. The molecule has 0 saturated heterocycles. The number of likely N-dealkylation sites (N-methyl/N-ethyl adjacent to an activating group) is 1. The van der Waals surface area contributed by atoms with Crippen molar-refractivity contribution in [3.8, 4) is 11.6 Å². The number of hydrogen-bond donors (Lipinski definition) is 2. The van der Waals surface area contributed by atoms with E-state index in [1.54, 1.807) is 13.3 Å². The number of aliphatic imine (C=N–C) groups is 1. The first-order valence-corrected chi connectivity index (χ1v) is 8.00. The molecule has 0 aliphatic heterocycles. The summed E-state index contributed by atoms with van der Waals surface area (Å²) >= 11 is 0. The molecule has 1 aromatic carbocycles. The summed E-state index contributed by atoms with van der Waals surface area (Å²) in [5.41, 5.74) is 7.76. The minimum absolute atomic E-state index is 0.344. The van der Waals surface area contributed by atoms with Gasteiger partial charge in [-0.3, -0.25) is 0 Å². The number of rotatable bonds is 8. The maximum Gasteiger partial charge on any atom is 0.213 e. The average Bonchev–Trinajstić information content (AvgIpc) is 2.61. The van der Waals surface area contributed by atoms with Crippen molar-refractivity contribution in [2.45, 2.75) is 6.54 Å². The molecule has 2 rings (SSSR count). The van der Waals surface area contributed by atoms with Crippen LogP contribution in [0.15, 0.2) is 47.6 Å². The average molecular weight is 343 g/mol. The molecule has 0 spiro atoms. The van der Waals surface area contributed by atoms with Gasteiger partial charge in [-0.1, -0.05) is 0 Å². The molecule has 0 saturated carbocycles. The molecular weight excluding hydrogens is 318 g/mol. The Balaban J connectivity index is 1.88. The monoisotopic (exact) mass is 343 g/mol. The predicted molar refractivity (Wildman–Crippen MR) is 100 cm³/mol. The number of nitrogens with two attached hydrogens (primary N) is 1. The Morgan fingerprint density at radius 3 is 2.68 bits per heavy atom. The highest BCUT2D eigenvalue weighted by Gasteiger charge is 2.00. The fraction of sp³-hybridized carbons (Fsp3) is 0.333. The summed E-state index contributed by atoms with van der Waals surface area (Å²) in [5, 5.41) is 3.04. The standard InChI is InChI=1S/C18H25N5O2/c1-23(2)10-11-25-17-12-14(8-9-20-17)13-21-18(19)22-15-4-6-16(24-3)7-5-15/h4-9,12H,10-11,13H2,1-3H3,(H3,19,21,22). The minimum atomic E-state index is 0.344. The van der Waals surface area contributed by atoms with Gasteiger partial charge in [-0.25, -0.2) is 9.98 Å². The van der Waals surface area contributed by atoms with Crippen molar-refractivity contribution >= 4 is 11.6 Å². The highest BCUT2D eigenvalue weighted by atomic mass is 16.5. The third-order valence-electron chi connectivity index (χ3n) is 3.38. The maximum absolute atomic E-state index is 5.93. The zero-order chi connectivity index (χ0) is 18.1. The molecule has 25 heavy (non-hydrogen) atoms. The molecule has 0 aliphatic carbocycles. The van der Waals surface area contributed by atoms with Crippen molar-refractivity contribution in [1.29, 1.82) is 0 Å². The largest absolute Gasteiger partial charge is 0.497 e. The molecular formula is C18H25N5O2. The second kappa shape index (κ2) is 9.48. The lowest BCUT2D eigenvalue weighted by atomic mass is 10.3. The first-order valence-electron chi connectivity index (χ1n) is 8.00. The lowest BCUT2D eigenvalue weighted by Crippen LogP contribution is -2.22. The highest BCUT2D eigenvalue weighted by molar-refractivity contribution is 5.92. The van der Waals surface area contributed by atoms with Gasteiger partial charge in [0.2, 0.25) is 5.88 Å². The van der Waals surface area contributed by atoms with Crippen molar-refractivity contribution in [3.63, 3.8) is 0 Å². The summed E-state index contributed by atoms with van der Waals surface area (Å²) in [6.45, 7) is 1.87. The Kier molecular flexibility index (Phi) is 7.03. The van der Waals surface area contributed by atoms with Crippen LogP contribution in [0.25, 0.3) is 0 Å². The van der Waals surface area contributed by atoms with Gasteiger partial charge in [-0.05, 0) is 50.0 Å². The second-order valence-electron chi connectivity index (χ2n) is 5.71. The van der Waals surface area contributed by atoms with E-state index in [9.17, 15) is 0 Å². The predicted octanol–water partition coefficient (Wildman–Crippen LogP) is 1.96. The molecule has 7 nitrogen and oxygen atoms in total. The Labute approximate surface area is 148 Å². The number of guanidine groups is 1.